The summed E-state index contributed by atoms with van der Waals surface area (Å²) in [6.45, 7) is 1.89. The van der Waals surface area contributed by atoms with Crippen molar-refractivity contribution in [1.29, 1.82) is 0 Å². The summed E-state index contributed by atoms with van der Waals surface area (Å²) in [5, 5.41) is 6.77. The first-order chi connectivity index (χ1) is 7.95. The van der Waals surface area contributed by atoms with E-state index in [4.69, 9.17) is 0 Å². The number of para-hydroxylation sites is 1. The molecular weight excluding hydrogens is 196 g/mol. The highest BCUT2D eigenvalue weighted by molar-refractivity contribution is 5.42. The Morgan fingerprint density at radius 1 is 0.938 bits per heavy atom. The van der Waals surface area contributed by atoms with Gasteiger partial charge >= 0.3 is 0 Å². The van der Waals surface area contributed by atoms with Gasteiger partial charge in [0.15, 0.2) is 0 Å². The van der Waals surface area contributed by atoms with Crippen LogP contribution in [0.3, 0.4) is 0 Å². The second-order valence-electron chi connectivity index (χ2n) is 3.86. The minimum absolute atomic E-state index is 0.940. The Labute approximate surface area is 97.1 Å². The fraction of sp³-hybridized carbons (Fsp3) is 0.286. The van der Waals surface area contributed by atoms with Crippen LogP contribution in [0.25, 0.3) is 0 Å². The van der Waals surface area contributed by atoms with E-state index in [1.807, 2.05) is 18.2 Å². The van der Waals surface area contributed by atoms with E-state index in [2.05, 4.69) is 41.0 Å². The van der Waals surface area contributed by atoms with Gasteiger partial charge in [-0.15, -0.1) is 0 Å². The summed E-state index contributed by atoms with van der Waals surface area (Å²) in [5.41, 5.74) is 2.43. The maximum Gasteiger partial charge on any atom is 0.0340 e. The molecule has 2 N–H and O–H groups in total. The van der Waals surface area contributed by atoms with Gasteiger partial charge in [0.1, 0.15) is 0 Å². The summed E-state index contributed by atoms with van der Waals surface area (Å²) in [6, 6.07) is 10.3. The molecule has 0 amide bonds. The second kappa shape index (κ2) is 6.01. The van der Waals surface area contributed by atoms with Gasteiger partial charge in [0.25, 0.3) is 0 Å². The summed E-state index contributed by atoms with van der Waals surface area (Å²) in [5.74, 6) is 0. The first kappa shape index (κ1) is 10.8. The zero-order valence-electron chi connectivity index (χ0n) is 9.45. The van der Waals surface area contributed by atoms with Crippen LogP contribution >= 0.6 is 0 Å². The molecule has 0 bridgehead atoms. The van der Waals surface area contributed by atoms with Gasteiger partial charge in [-0.3, -0.25) is 0 Å². The highest BCUT2D eigenvalue weighted by Gasteiger charge is 1.95. The molecule has 0 heterocycles. The Balaban J connectivity index is 1.65. The molecule has 0 saturated carbocycles. The molecule has 1 aromatic carbocycles. The quantitative estimate of drug-likeness (QED) is 0.736. The van der Waals surface area contributed by atoms with Crippen molar-refractivity contribution < 1.29 is 0 Å². The predicted octanol–water partition coefficient (Wildman–Crippen LogP) is 2.92. The first-order valence-corrected chi connectivity index (χ1v) is 5.84. The lowest BCUT2D eigenvalue weighted by molar-refractivity contribution is 0.818. The van der Waals surface area contributed by atoms with E-state index in [1.165, 1.54) is 17.8 Å². The van der Waals surface area contributed by atoms with Crippen LogP contribution in [-0.2, 0) is 0 Å². The van der Waals surface area contributed by atoms with Crippen molar-refractivity contribution in [3.8, 4) is 0 Å². The van der Waals surface area contributed by atoms with Gasteiger partial charge in [-0.25, -0.2) is 0 Å². The van der Waals surface area contributed by atoms with E-state index in [0.29, 0.717) is 0 Å². The van der Waals surface area contributed by atoms with Gasteiger partial charge in [0.2, 0.25) is 0 Å². The lowest BCUT2D eigenvalue weighted by Gasteiger charge is -2.11. The molecule has 1 aromatic rings. The maximum absolute atomic E-state index is 3.40. The summed E-state index contributed by atoms with van der Waals surface area (Å²) < 4.78 is 0. The molecule has 16 heavy (non-hydrogen) atoms. The number of rotatable bonds is 5. The third-order valence-corrected chi connectivity index (χ3v) is 2.55. The van der Waals surface area contributed by atoms with Crippen LogP contribution in [0.5, 0.6) is 0 Å². The van der Waals surface area contributed by atoms with Gasteiger partial charge in [0, 0.05) is 24.5 Å². The molecule has 1 aliphatic carbocycles. The van der Waals surface area contributed by atoms with Crippen molar-refractivity contribution in [2.24, 2.45) is 0 Å². The molecular formula is C14H18N2. The molecule has 0 unspecified atom stereocenters. The molecule has 0 aromatic heterocycles. The van der Waals surface area contributed by atoms with Crippen molar-refractivity contribution in [2.75, 3.05) is 18.4 Å². The van der Waals surface area contributed by atoms with Crippen molar-refractivity contribution in [1.82, 2.24) is 5.32 Å². The number of hydrogen-bond donors (Lipinski definition) is 2. The van der Waals surface area contributed by atoms with Crippen molar-refractivity contribution in [3.05, 3.63) is 54.3 Å². The number of allylic oxidation sites excluding steroid dienone is 3. The minimum Gasteiger partial charge on any atom is -0.384 e. The highest BCUT2D eigenvalue weighted by Crippen LogP contribution is 2.06. The van der Waals surface area contributed by atoms with Crippen molar-refractivity contribution in [3.63, 3.8) is 0 Å². The summed E-state index contributed by atoms with van der Waals surface area (Å²) in [6.07, 6.45) is 8.96. The van der Waals surface area contributed by atoms with E-state index >= 15 is 0 Å². The Kier molecular flexibility index (Phi) is 4.06. The van der Waals surface area contributed by atoms with Crippen LogP contribution < -0.4 is 10.6 Å². The molecule has 0 aliphatic heterocycles. The van der Waals surface area contributed by atoms with E-state index in [9.17, 15) is 0 Å². The van der Waals surface area contributed by atoms with E-state index in [0.717, 1.165) is 19.5 Å². The molecule has 1 aliphatic rings. The fourth-order valence-electron chi connectivity index (χ4n) is 1.71. The largest absolute Gasteiger partial charge is 0.384 e. The summed E-state index contributed by atoms with van der Waals surface area (Å²) in [7, 11) is 0. The van der Waals surface area contributed by atoms with E-state index in [1.54, 1.807) is 0 Å². The lowest BCUT2D eigenvalue weighted by Crippen LogP contribution is -2.21. The zero-order valence-corrected chi connectivity index (χ0v) is 9.45. The average Bonchev–Trinajstić information content (AvgIpc) is 2.37. The van der Waals surface area contributed by atoms with Gasteiger partial charge in [-0.2, -0.15) is 0 Å². The van der Waals surface area contributed by atoms with Gasteiger partial charge in [0.05, 0.1) is 0 Å². The molecule has 0 atom stereocenters. The average molecular weight is 214 g/mol. The summed E-state index contributed by atoms with van der Waals surface area (Å²) >= 11 is 0. The fourth-order valence-corrected chi connectivity index (χ4v) is 1.71. The lowest BCUT2D eigenvalue weighted by atomic mass is 10.1. The third kappa shape index (κ3) is 3.46. The topological polar surface area (TPSA) is 24.1 Å². The number of hydrogen-bond acceptors (Lipinski definition) is 2. The number of nitrogens with one attached hydrogen (secondary N) is 2. The molecule has 2 rings (SSSR count). The molecule has 2 nitrogen and oxygen atoms in total. The Hall–Kier alpha value is -1.70. The smallest absolute Gasteiger partial charge is 0.0340 e. The third-order valence-electron chi connectivity index (χ3n) is 2.55. The number of anilines is 1. The van der Waals surface area contributed by atoms with Gasteiger partial charge < -0.3 is 10.6 Å². The van der Waals surface area contributed by atoms with Crippen molar-refractivity contribution >= 4 is 5.69 Å². The monoisotopic (exact) mass is 214 g/mol. The summed E-state index contributed by atoms with van der Waals surface area (Å²) in [4.78, 5) is 0. The normalized spacial score (nSPS) is 14.4. The molecule has 0 spiro atoms. The van der Waals surface area contributed by atoms with Crippen LogP contribution in [0.15, 0.2) is 54.3 Å². The Bertz CT molecular complexity index is 366. The van der Waals surface area contributed by atoms with Crippen LogP contribution in [0, 0.1) is 0 Å². The van der Waals surface area contributed by atoms with Gasteiger partial charge in [-0.05, 0) is 31.1 Å². The van der Waals surface area contributed by atoms with Gasteiger partial charge in [-0.1, -0.05) is 30.4 Å². The van der Waals surface area contributed by atoms with Crippen LogP contribution in [0.2, 0.25) is 0 Å². The Morgan fingerprint density at radius 2 is 1.75 bits per heavy atom. The van der Waals surface area contributed by atoms with Crippen LogP contribution in [-0.4, -0.2) is 13.1 Å². The predicted molar refractivity (Wildman–Crippen MR) is 69.4 cm³/mol. The van der Waals surface area contributed by atoms with E-state index in [-0.39, 0.29) is 0 Å². The molecule has 2 heteroatoms. The highest BCUT2D eigenvalue weighted by atomic mass is 14.9. The second-order valence-corrected chi connectivity index (χ2v) is 3.86. The SMILES string of the molecule is C1=CC(NCCNc2ccccc2)=CCC1. The number of benzene rings is 1. The molecule has 0 saturated heterocycles. The molecule has 0 fully saturated rings. The molecule has 84 valence electrons. The standard InChI is InChI=1S/C14H18N2/c1-3-7-13(8-4-1)15-11-12-16-14-9-5-2-6-10-14/h1,3-5,7-10,15-16H,2,6,11-12H2. The van der Waals surface area contributed by atoms with Crippen LogP contribution in [0.4, 0.5) is 5.69 Å². The van der Waals surface area contributed by atoms with Crippen LogP contribution in [0.1, 0.15) is 12.8 Å². The molecule has 0 radical (unpaired) electrons. The maximum atomic E-state index is 3.40. The minimum atomic E-state index is 0.940. The Morgan fingerprint density at radius 3 is 2.50 bits per heavy atom. The zero-order chi connectivity index (χ0) is 11.1. The van der Waals surface area contributed by atoms with Crippen molar-refractivity contribution in [2.45, 2.75) is 12.8 Å². The first-order valence-electron chi connectivity index (χ1n) is 5.84. The van der Waals surface area contributed by atoms with E-state index < -0.39 is 0 Å².